The Balaban J connectivity index is 0.000000313. The van der Waals surface area contributed by atoms with Gasteiger partial charge in [-0.25, -0.2) is 0 Å². The van der Waals surface area contributed by atoms with Crippen molar-refractivity contribution in [3.05, 3.63) is 101 Å². The quantitative estimate of drug-likeness (QED) is 0.0506. The summed E-state index contributed by atoms with van der Waals surface area (Å²) in [6.07, 6.45) is 5.71. The molecule has 3 aromatic carbocycles. The fraction of sp³-hybridized carbons (Fsp3) is 0.182. The van der Waals surface area contributed by atoms with E-state index in [0.29, 0.717) is 25.3 Å². The number of ether oxygens (including phenoxy) is 1. The van der Waals surface area contributed by atoms with Crippen molar-refractivity contribution in [3.8, 4) is 45.8 Å². The van der Waals surface area contributed by atoms with Crippen LogP contribution in [0, 0.1) is 0 Å². The number of rotatable bonds is 10. The number of benzene rings is 3. The molecular weight excluding hydrogens is 586 g/mol. The Kier molecular flexibility index (Phi) is 13.9. The largest absolute Gasteiger partial charge is 0.516 e. The minimum absolute atomic E-state index is 0.00601. The van der Waals surface area contributed by atoms with E-state index < -0.39 is 16.9 Å². The molecule has 12 nitrogen and oxygen atoms in total. The molecule has 0 saturated carbocycles. The lowest BCUT2D eigenvalue weighted by atomic mass is 10.0. The maximum absolute atomic E-state index is 12.8. The first-order valence-electron chi connectivity index (χ1n) is 13.5. The van der Waals surface area contributed by atoms with Gasteiger partial charge in [0.15, 0.2) is 23.0 Å². The molecule has 1 aromatic heterocycles. The van der Waals surface area contributed by atoms with Gasteiger partial charge in [0.25, 0.3) is 0 Å². The van der Waals surface area contributed by atoms with Gasteiger partial charge < -0.3 is 55.3 Å². The zero-order valence-corrected chi connectivity index (χ0v) is 24.8. The van der Waals surface area contributed by atoms with Crippen molar-refractivity contribution >= 4 is 17.0 Å². The predicted molar refractivity (Wildman–Crippen MR) is 171 cm³/mol. The Morgan fingerprint density at radius 2 is 1.58 bits per heavy atom. The van der Waals surface area contributed by atoms with Crippen LogP contribution in [-0.2, 0) is 11.2 Å². The van der Waals surface area contributed by atoms with Crippen molar-refractivity contribution in [2.24, 2.45) is 0 Å². The number of phenols is 6. The van der Waals surface area contributed by atoms with E-state index in [9.17, 15) is 30.3 Å². The molecule has 0 fully saturated rings. The molecule has 0 aliphatic heterocycles. The number of fused-ring (bicyclic) bond motifs is 1. The normalized spacial score (nSPS) is 10.7. The van der Waals surface area contributed by atoms with Gasteiger partial charge in [-0.05, 0) is 55.0 Å². The lowest BCUT2D eigenvalue weighted by Crippen LogP contribution is -2.17. The van der Waals surface area contributed by atoms with Crippen LogP contribution in [0.1, 0.15) is 18.1 Å². The van der Waals surface area contributed by atoms with Gasteiger partial charge in [0, 0.05) is 55.6 Å². The topological polar surface area (TPSA) is 213 Å². The summed E-state index contributed by atoms with van der Waals surface area (Å²) in [5.41, 5.74) is 1.41. The minimum Gasteiger partial charge on any atom is -0.516 e. The van der Waals surface area contributed by atoms with Gasteiger partial charge in [0.2, 0.25) is 5.43 Å². The summed E-state index contributed by atoms with van der Waals surface area (Å²) in [5.74, 6) is -1.63. The lowest BCUT2D eigenvalue weighted by molar-refractivity contribution is 0.151. The number of aliphatic hydroxyl groups is 2. The number of hydrogen-bond acceptors (Lipinski definition) is 12. The molecule has 0 unspecified atom stereocenters. The van der Waals surface area contributed by atoms with Gasteiger partial charge in [-0.2, -0.15) is 0 Å². The zero-order valence-electron chi connectivity index (χ0n) is 24.8. The number of allylic oxidation sites excluding steroid dienone is 2. The number of aliphatic hydroxyl groups excluding tert-OH is 2. The molecule has 1 heterocycles. The molecule has 4 rings (SSSR count). The molecular formula is C33H37NO11. The van der Waals surface area contributed by atoms with Crippen LogP contribution in [0.2, 0.25) is 0 Å². The Labute approximate surface area is 259 Å². The van der Waals surface area contributed by atoms with Gasteiger partial charge in [0.1, 0.15) is 28.2 Å². The Morgan fingerprint density at radius 3 is 2.20 bits per heavy atom. The average Bonchev–Trinajstić information content (AvgIpc) is 3.01. The van der Waals surface area contributed by atoms with Crippen LogP contribution < -0.4 is 10.7 Å². The fourth-order valence-electron chi connectivity index (χ4n) is 3.90. The van der Waals surface area contributed by atoms with Gasteiger partial charge in [-0.3, -0.25) is 4.79 Å². The molecule has 0 radical (unpaired) electrons. The van der Waals surface area contributed by atoms with E-state index in [2.05, 4.69) is 11.9 Å². The maximum Gasteiger partial charge on any atom is 0.200 e. The van der Waals surface area contributed by atoms with E-state index in [1.165, 1.54) is 42.5 Å². The summed E-state index contributed by atoms with van der Waals surface area (Å²) in [7, 11) is 1.00. The third kappa shape index (κ3) is 9.99. The highest BCUT2D eigenvalue weighted by Crippen LogP contribution is 2.36. The second kappa shape index (κ2) is 17.5. The maximum atomic E-state index is 12.8. The molecule has 9 N–H and O–H groups in total. The number of hydrogen-bond donors (Lipinski definition) is 9. The SMILES string of the molecule is C=C(/C=C/c1ccc(O)c(O)c1)NCCOCC.CO.O=c1c(C/C=C/O)c(-c2ccc(O)c(O)c2)oc2cc(O)cc(O)c12. The van der Waals surface area contributed by atoms with E-state index in [0.717, 1.165) is 30.7 Å². The first kappa shape index (κ1) is 35.6. The summed E-state index contributed by atoms with van der Waals surface area (Å²) in [6.45, 7) is 7.85. The second-order valence-corrected chi connectivity index (χ2v) is 9.10. The van der Waals surface area contributed by atoms with Gasteiger partial charge >= 0.3 is 0 Å². The Hall–Kier alpha value is -5.59. The van der Waals surface area contributed by atoms with Gasteiger partial charge in [-0.1, -0.05) is 18.7 Å². The molecule has 0 aliphatic rings. The third-order valence-corrected chi connectivity index (χ3v) is 6.00. The van der Waals surface area contributed by atoms with Crippen molar-refractivity contribution in [2.75, 3.05) is 26.9 Å². The minimum atomic E-state index is -0.542. The summed E-state index contributed by atoms with van der Waals surface area (Å²) < 4.78 is 10.9. The summed E-state index contributed by atoms with van der Waals surface area (Å²) in [4.78, 5) is 12.8. The smallest absolute Gasteiger partial charge is 0.200 e. The van der Waals surface area contributed by atoms with Crippen molar-refractivity contribution in [2.45, 2.75) is 13.3 Å². The Morgan fingerprint density at radius 1 is 0.911 bits per heavy atom. The summed E-state index contributed by atoms with van der Waals surface area (Å²) >= 11 is 0. The van der Waals surface area contributed by atoms with E-state index in [4.69, 9.17) is 24.5 Å². The van der Waals surface area contributed by atoms with Crippen LogP contribution in [0.25, 0.3) is 28.4 Å². The average molecular weight is 624 g/mol. The molecule has 12 heteroatoms. The fourth-order valence-corrected chi connectivity index (χ4v) is 3.90. The van der Waals surface area contributed by atoms with Crippen LogP contribution in [0.5, 0.6) is 34.5 Å². The number of aromatic hydroxyl groups is 6. The first-order chi connectivity index (χ1) is 21.5. The van der Waals surface area contributed by atoms with Crippen LogP contribution in [-0.4, -0.2) is 67.7 Å². The highest BCUT2D eigenvalue weighted by Gasteiger charge is 2.19. The monoisotopic (exact) mass is 623 g/mol. The molecule has 4 aromatic rings. The van der Waals surface area contributed by atoms with Crippen LogP contribution in [0.3, 0.4) is 0 Å². The highest BCUT2D eigenvalue weighted by atomic mass is 16.5. The Bertz CT molecular complexity index is 1710. The molecule has 0 atom stereocenters. The van der Waals surface area contributed by atoms with E-state index >= 15 is 0 Å². The van der Waals surface area contributed by atoms with Crippen LogP contribution >= 0.6 is 0 Å². The summed E-state index contributed by atoms with van der Waals surface area (Å²) in [5, 5.41) is 76.1. The zero-order chi connectivity index (χ0) is 33.5. The highest BCUT2D eigenvalue weighted by molar-refractivity contribution is 5.87. The number of nitrogens with one attached hydrogen (secondary N) is 1. The number of phenolic OH excluding ortho intramolecular Hbond substituents is 6. The van der Waals surface area contributed by atoms with Gasteiger partial charge in [-0.15, -0.1) is 0 Å². The van der Waals surface area contributed by atoms with Crippen molar-refractivity contribution in [1.29, 1.82) is 0 Å². The van der Waals surface area contributed by atoms with Crippen molar-refractivity contribution in [1.82, 2.24) is 5.32 Å². The molecule has 0 saturated heterocycles. The van der Waals surface area contributed by atoms with Crippen LogP contribution in [0.15, 0.2) is 88.4 Å². The van der Waals surface area contributed by atoms with E-state index in [-0.39, 0.29) is 51.7 Å². The van der Waals surface area contributed by atoms with E-state index in [1.54, 1.807) is 18.2 Å². The van der Waals surface area contributed by atoms with Crippen molar-refractivity contribution < 1.29 is 50.0 Å². The van der Waals surface area contributed by atoms with Gasteiger partial charge in [0.05, 0.1) is 12.9 Å². The molecule has 0 bridgehead atoms. The molecule has 240 valence electrons. The van der Waals surface area contributed by atoms with Crippen molar-refractivity contribution in [3.63, 3.8) is 0 Å². The standard InChI is InChI=1S/C18H14O7.C14H19NO3.CH4O/c19-5-1-2-11-17(24)16-14(23)7-10(20)8-15(16)25-18(11)9-3-4-12(21)13(22)6-9;1-3-18-9-8-15-11(2)4-5-12-6-7-13(16)14(17)10-12;1-2/h1,3-8,19-23H,2H2;4-7,10,15-17H,2-3,8-9H2,1H3;2H,1H3/b5-1+;5-4+;. The molecule has 0 amide bonds. The second-order valence-electron chi connectivity index (χ2n) is 9.10. The predicted octanol–water partition coefficient (Wildman–Crippen LogP) is 4.76. The first-order valence-corrected chi connectivity index (χ1v) is 13.5. The van der Waals surface area contributed by atoms with E-state index in [1.807, 2.05) is 6.92 Å². The summed E-state index contributed by atoms with van der Waals surface area (Å²) in [6, 6.07) is 10.7. The third-order valence-electron chi connectivity index (χ3n) is 6.00. The van der Waals surface area contributed by atoms with Crippen LogP contribution in [0.4, 0.5) is 0 Å². The molecule has 0 aliphatic carbocycles. The lowest BCUT2D eigenvalue weighted by Gasteiger charge is -2.11. The molecule has 0 spiro atoms. The molecule has 45 heavy (non-hydrogen) atoms.